The van der Waals surface area contributed by atoms with Crippen LogP contribution in [-0.4, -0.2) is 20.9 Å². The molecule has 2 heterocycles. The van der Waals surface area contributed by atoms with E-state index < -0.39 is 4.92 Å². The molecule has 100 valence electrons. The number of thiophene rings is 1. The molecular formula is C12H14N4O2S. The standard InChI is InChI=1S/C12H14N4O2S/c1-8(5-11-4-3-9(2)19-11)15-12-13-6-10(7-14-12)16(17)18/h3-4,6-8H,5H2,1-2H3,(H,13,14,15). The number of anilines is 1. The topological polar surface area (TPSA) is 81.0 Å². The van der Waals surface area contributed by atoms with Crippen molar-refractivity contribution in [3.05, 3.63) is 44.4 Å². The number of hydrogen-bond donors (Lipinski definition) is 1. The number of aryl methyl sites for hydroxylation is 1. The van der Waals surface area contributed by atoms with E-state index in [4.69, 9.17) is 0 Å². The molecule has 0 spiro atoms. The normalized spacial score (nSPS) is 12.1. The quantitative estimate of drug-likeness (QED) is 0.672. The molecule has 1 N–H and O–H groups in total. The molecule has 0 bridgehead atoms. The fourth-order valence-electron chi connectivity index (χ4n) is 1.66. The van der Waals surface area contributed by atoms with Crippen molar-refractivity contribution in [3.63, 3.8) is 0 Å². The third kappa shape index (κ3) is 3.72. The minimum atomic E-state index is -0.512. The molecule has 0 aliphatic rings. The van der Waals surface area contributed by atoms with E-state index in [1.807, 2.05) is 6.92 Å². The SMILES string of the molecule is Cc1ccc(CC(C)Nc2ncc([N+](=O)[O-])cn2)s1. The van der Waals surface area contributed by atoms with Crippen molar-refractivity contribution in [1.82, 2.24) is 9.97 Å². The van der Waals surface area contributed by atoms with E-state index in [1.54, 1.807) is 11.3 Å². The van der Waals surface area contributed by atoms with Gasteiger partial charge in [-0.1, -0.05) is 0 Å². The predicted molar refractivity (Wildman–Crippen MR) is 74.5 cm³/mol. The van der Waals surface area contributed by atoms with Gasteiger partial charge in [0.2, 0.25) is 5.95 Å². The summed E-state index contributed by atoms with van der Waals surface area (Å²) in [6.07, 6.45) is 3.29. The maximum atomic E-state index is 10.5. The average Bonchev–Trinajstić information content (AvgIpc) is 2.75. The van der Waals surface area contributed by atoms with Gasteiger partial charge in [-0.05, 0) is 26.0 Å². The summed E-state index contributed by atoms with van der Waals surface area (Å²) in [4.78, 5) is 20.4. The molecule has 0 aromatic carbocycles. The zero-order valence-electron chi connectivity index (χ0n) is 10.7. The van der Waals surface area contributed by atoms with Gasteiger partial charge in [-0.2, -0.15) is 0 Å². The Morgan fingerprint density at radius 3 is 2.63 bits per heavy atom. The van der Waals surface area contributed by atoms with Gasteiger partial charge in [0.25, 0.3) is 0 Å². The molecule has 0 fully saturated rings. The van der Waals surface area contributed by atoms with E-state index in [-0.39, 0.29) is 11.7 Å². The van der Waals surface area contributed by atoms with Gasteiger partial charge >= 0.3 is 5.69 Å². The van der Waals surface area contributed by atoms with E-state index in [1.165, 1.54) is 22.1 Å². The summed E-state index contributed by atoms with van der Waals surface area (Å²) >= 11 is 1.76. The summed E-state index contributed by atoms with van der Waals surface area (Å²) < 4.78 is 0. The van der Waals surface area contributed by atoms with Crippen LogP contribution in [0.15, 0.2) is 24.5 Å². The number of aromatic nitrogens is 2. The fourth-order valence-corrected chi connectivity index (χ4v) is 2.68. The van der Waals surface area contributed by atoms with Gasteiger partial charge in [0.05, 0.1) is 4.92 Å². The average molecular weight is 278 g/mol. The van der Waals surface area contributed by atoms with E-state index >= 15 is 0 Å². The Hall–Kier alpha value is -2.02. The minimum Gasteiger partial charge on any atom is -0.351 e. The monoisotopic (exact) mass is 278 g/mol. The molecule has 2 aromatic rings. The molecule has 0 saturated heterocycles. The Kier molecular flexibility index (Phi) is 4.06. The van der Waals surface area contributed by atoms with Crippen molar-refractivity contribution in [2.24, 2.45) is 0 Å². The van der Waals surface area contributed by atoms with E-state index in [0.29, 0.717) is 5.95 Å². The summed E-state index contributed by atoms with van der Waals surface area (Å²) in [6.45, 7) is 4.10. The molecule has 7 heteroatoms. The second-order valence-corrected chi connectivity index (χ2v) is 5.66. The molecule has 2 aromatic heterocycles. The van der Waals surface area contributed by atoms with Crippen LogP contribution in [0.3, 0.4) is 0 Å². The van der Waals surface area contributed by atoms with Crippen molar-refractivity contribution < 1.29 is 4.92 Å². The molecule has 0 radical (unpaired) electrons. The Morgan fingerprint density at radius 2 is 2.11 bits per heavy atom. The highest BCUT2D eigenvalue weighted by Gasteiger charge is 2.09. The van der Waals surface area contributed by atoms with Crippen LogP contribution < -0.4 is 5.32 Å². The van der Waals surface area contributed by atoms with Gasteiger partial charge in [-0.25, -0.2) is 9.97 Å². The first-order chi connectivity index (χ1) is 9.04. The Morgan fingerprint density at radius 1 is 1.42 bits per heavy atom. The van der Waals surface area contributed by atoms with Crippen molar-refractivity contribution in [2.75, 3.05) is 5.32 Å². The van der Waals surface area contributed by atoms with Gasteiger partial charge in [0.15, 0.2) is 0 Å². The minimum absolute atomic E-state index is 0.105. The summed E-state index contributed by atoms with van der Waals surface area (Å²) in [7, 11) is 0. The van der Waals surface area contributed by atoms with Gasteiger partial charge in [0.1, 0.15) is 12.4 Å². The van der Waals surface area contributed by atoms with Gasteiger partial charge < -0.3 is 5.32 Å². The van der Waals surface area contributed by atoms with Crippen LogP contribution in [0.5, 0.6) is 0 Å². The number of rotatable bonds is 5. The predicted octanol–water partition coefficient (Wildman–Crippen LogP) is 2.80. The van der Waals surface area contributed by atoms with Crippen molar-refractivity contribution >= 4 is 23.0 Å². The summed E-state index contributed by atoms with van der Waals surface area (Å²) in [6, 6.07) is 4.36. The van der Waals surface area contributed by atoms with Gasteiger partial charge in [-0.15, -0.1) is 11.3 Å². The number of nitro groups is 1. The van der Waals surface area contributed by atoms with E-state index in [9.17, 15) is 10.1 Å². The number of nitrogens with zero attached hydrogens (tertiary/aromatic N) is 3. The Balaban J connectivity index is 1.94. The van der Waals surface area contributed by atoms with Gasteiger partial charge in [0, 0.05) is 22.2 Å². The van der Waals surface area contributed by atoms with E-state index in [2.05, 4.69) is 34.3 Å². The smallest absolute Gasteiger partial charge is 0.305 e. The molecule has 0 saturated carbocycles. The van der Waals surface area contributed by atoms with Crippen LogP contribution >= 0.6 is 11.3 Å². The highest BCUT2D eigenvalue weighted by Crippen LogP contribution is 2.18. The molecule has 0 amide bonds. The van der Waals surface area contributed by atoms with Crippen LogP contribution in [0.1, 0.15) is 16.7 Å². The lowest BCUT2D eigenvalue weighted by Gasteiger charge is -2.12. The zero-order chi connectivity index (χ0) is 13.8. The molecular weight excluding hydrogens is 264 g/mol. The van der Waals surface area contributed by atoms with Gasteiger partial charge in [-0.3, -0.25) is 10.1 Å². The summed E-state index contributed by atoms with van der Waals surface area (Å²) in [5, 5.41) is 13.6. The molecule has 0 aliphatic carbocycles. The first-order valence-corrected chi connectivity index (χ1v) is 6.64. The number of nitrogens with one attached hydrogen (secondary N) is 1. The van der Waals surface area contributed by atoms with Crippen molar-refractivity contribution in [3.8, 4) is 0 Å². The fraction of sp³-hybridized carbons (Fsp3) is 0.333. The lowest BCUT2D eigenvalue weighted by Crippen LogP contribution is -2.19. The zero-order valence-corrected chi connectivity index (χ0v) is 11.5. The molecule has 0 aliphatic heterocycles. The Labute approximate surface area is 114 Å². The third-order valence-electron chi connectivity index (χ3n) is 2.53. The lowest BCUT2D eigenvalue weighted by atomic mass is 10.2. The second kappa shape index (κ2) is 5.75. The van der Waals surface area contributed by atoms with Crippen LogP contribution in [-0.2, 0) is 6.42 Å². The highest BCUT2D eigenvalue weighted by atomic mass is 32.1. The Bertz CT molecular complexity index is 567. The maximum absolute atomic E-state index is 10.5. The van der Waals surface area contributed by atoms with Crippen LogP contribution in [0, 0.1) is 17.0 Å². The van der Waals surface area contributed by atoms with Crippen LogP contribution in [0.25, 0.3) is 0 Å². The van der Waals surface area contributed by atoms with Crippen LogP contribution in [0.2, 0.25) is 0 Å². The summed E-state index contributed by atoms with van der Waals surface area (Å²) in [5.74, 6) is 0.409. The van der Waals surface area contributed by atoms with Crippen LogP contribution in [0.4, 0.5) is 11.6 Å². The molecule has 1 unspecified atom stereocenters. The third-order valence-corrected chi connectivity index (χ3v) is 3.55. The first kappa shape index (κ1) is 13.4. The molecule has 1 atom stereocenters. The number of hydrogen-bond acceptors (Lipinski definition) is 6. The highest BCUT2D eigenvalue weighted by molar-refractivity contribution is 7.11. The van der Waals surface area contributed by atoms with Crippen molar-refractivity contribution in [1.29, 1.82) is 0 Å². The maximum Gasteiger partial charge on any atom is 0.305 e. The summed E-state index contributed by atoms with van der Waals surface area (Å²) in [5.41, 5.74) is -0.105. The first-order valence-electron chi connectivity index (χ1n) is 5.83. The largest absolute Gasteiger partial charge is 0.351 e. The lowest BCUT2D eigenvalue weighted by molar-refractivity contribution is -0.385. The second-order valence-electron chi connectivity index (χ2n) is 4.28. The molecule has 6 nitrogen and oxygen atoms in total. The molecule has 19 heavy (non-hydrogen) atoms. The molecule has 2 rings (SSSR count). The van der Waals surface area contributed by atoms with Crippen molar-refractivity contribution in [2.45, 2.75) is 26.3 Å². The van der Waals surface area contributed by atoms with E-state index in [0.717, 1.165) is 6.42 Å².